The van der Waals surface area contributed by atoms with E-state index in [0.717, 1.165) is 0 Å². The van der Waals surface area contributed by atoms with Crippen molar-refractivity contribution in [3.8, 4) is 0 Å². The summed E-state index contributed by atoms with van der Waals surface area (Å²) in [5.74, 6) is 0.491. The lowest BCUT2D eigenvalue weighted by atomic mass is 10.4. The van der Waals surface area contributed by atoms with Gasteiger partial charge < -0.3 is 9.52 Å². The van der Waals surface area contributed by atoms with Gasteiger partial charge in [0.05, 0.1) is 5.69 Å². The van der Waals surface area contributed by atoms with Gasteiger partial charge in [0.2, 0.25) is 0 Å². The molecule has 0 spiro atoms. The SMILES string of the molecule is Cc1oc(CO)cc1S(=O)(=O)Nc1ccsc1. The summed E-state index contributed by atoms with van der Waals surface area (Å²) < 4.78 is 31.5. The molecule has 2 heterocycles. The molecule has 0 atom stereocenters. The fourth-order valence-corrected chi connectivity index (χ4v) is 3.32. The topological polar surface area (TPSA) is 79.5 Å². The van der Waals surface area contributed by atoms with E-state index in [1.54, 1.807) is 23.8 Å². The van der Waals surface area contributed by atoms with E-state index in [2.05, 4.69) is 4.72 Å². The summed E-state index contributed by atoms with van der Waals surface area (Å²) in [4.78, 5) is 0.0488. The molecule has 0 aliphatic heterocycles. The Hall–Kier alpha value is -1.31. The molecule has 0 amide bonds. The number of hydrogen-bond acceptors (Lipinski definition) is 5. The number of aliphatic hydroxyl groups excluding tert-OH is 1. The average Bonchev–Trinajstić information content (AvgIpc) is 2.86. The van der Waals surface area contributed by atoms with Crippen molar-refractivity contribution in [2.24, 2.45) is 0 Å². The molecule has 2 N–H and O–H groups in total. The molecule has 0 aliphatic rings. The van der Waals surface area contributed by atoms with Crippen molar-refractivity contribution in [3.05, 3.63) is 34.4 Å². The lowest BCUT2D eigenvalue weighted by Gasteiger charge is -2.03. The second-order valence-electron chi connectivity index (χ2n) is 3.41. The highest BCUT2D eigenvalue weighted by molar-refractivity contribution is 7.92. The van der Waals surface area contributed by atoms with E-state index >= 15 is 0 Å². The monoisotopic (exact) mass is 273 g/mol. The Balaban J connectivity index is 2.34. The molecule has 2 rings (SSSR count). The van der Waals surface area contributed by atoms with Crippen LogP contribution in [0.1, 0.15) is 11.5 Å². The zero-order chi connectivity index (χ0) is 12.5. The molecule has 0 fully saturated rings. The zero-order valence-electron chi connectivity index (χ0n) is 9.00. The summed E-state index contributed by atoms with van der Waals surface area (Å²) in [7, 11) is -3.65. The van der Waals surface area contributed by atoms with Crippen molar-refractivity contribution in [2.75, 3.05) is 4.72 Å². The van der Waals surface area contributed by atoms with Crippen LogP contribution in [0.15, 0.2) is 32.2 Å². The molecule has 0 saturated carbocycles. The molecular formula is C10H11NO4S2. The lowest BCUT2D eigenvalue weighted by molar-refractivity contribution is 0.245. The maximum absolute atomic E-state index is 12.0. The van der Waals surface area contributed by atoms with Crippen molar-refractivity contribution in [1.82, 2.24) is 0 Å². The molecule has 0 radical (unpaired) electrons. The van der Waals surface area contributed by atoms with Gasteiger partial charge in [-0.2, -0.15) is 11.3 Å². The van der Waals surface area contributed by atoms with Crippen molar-refractivity contribution < 1.29 is 17.9 Å². The lowest BCUT2D eigenvalue weighted by Crippen LogP contribution is -2.12. The Morgan fingerprint density at radius 2 is 2.29 bits per heavy atom. The van der Waals surface area contributed by atoms with Gasteiger partial charge in [-0.3, -0.25) is 4.72 Å². The number of rotatable bonds is 4. The van der Waals surface area contributed by atoms with E-state index in [0.29, 0.717) is 5.69 Å². The molecule has 0 aliphatic carbocycles. The first-order chi connectivity index (χ1) is 8.03. The van der Waals surface area contributed by atoms with Crippen LogP contribution < -0.4 is 4.72 Å². The summed E-state index contributed by atoms with van der Waals surface area (Å²) in [6.45, 7) is 1.22. The Bertz CT molecular complexity index is 598. The van der Waals surface area contributed by atoms with Crippen LogP contribution in [0.4, 0.5) is 5.69 Å². The third kappa shape index (κ3) is 2.51. The minimum Gasteiger partial charge on any atom is -0.462 e. The molecule has 92 valence electrons. The standard InChI is InChI=1S/C10H11NO4S2/c1-7-10(4-9(5-12)15-7)17(13,14)11-8-2-3-16-6-8/h2-4,6,11-12H,5H2,1H3. The molecule has 7 heteroatoms. The third-order valence-corrected chi connectivity index (χ3v) is 4.31. The van der Waals surface area contributed by atoms with Crippen LogP contribution in [0.2, 0.25) is 0 Å². The van der Waals surface area contributed by atoms with Crippen LogP contribution in [-0.2, 0) is 16.6 Å². The van der Waals surface area contributed by atoms with Gasteiger partial charge in [0, 0.05) is 11.4 Å². The largest absolute Gasteiger partial charge is 0.462 e. The van der Waals surface area contributed by atoms with Gasteiger partial charge in [-0.1, -0.05) is 0 Å². The minimum absolute atomic E-state index is 0.0488. The first-order valence-corrected chi connectivity index (χ1v) is 7.21. The number of furan rings is 1. The van der Waals surface area contributed by atoms with Crippen LogP contribution >= 0.6 is 11.3 Å². The Morgan fingerprint density at radius 1 is 1.53 bits per heavy atom. The summed E-state index contributed by atoms with van der Waals surface area (Å²) in [5.41, 5.74) is 0.515. The quantitative estimate of drug-likeness (QED) is 0.892. The normalized spacial score (nSPS) is 11.6. The first-order valence-electron chi connectivity index (χ1n) is 4.78. The predicted octanol–water partition coefficient (Wildman–Crippen LogP) is 1.94. The number of hydrogen-bond donors (Lipinski definition) is 2. The van der Waals surface area contributed by atoms with Gasteiger partial charge >= 0.3 is 0 Å². The van der Waals surface area contributed by atoms with Gasteiger partial charge in [-0.15, -0.1) is 0 Å². The summed E-state index contributed by atoms with van der Waals surface area (Å²) in [6, 6.07) is 2.99. The second-order valence-corrected chi connectivity index (χ2v) is 5.84. The second kappa shape index (κ2) is 4.52. The zero-order valence-corrected chi connectivity index (χ0v) is 10.6. The van der Waals surface area contributed by atoms with E-state index in [1.807, 2.05) is 0 Å². The first kappa shape index (κ1) is 12.2. The van der Waals surface area contributed by atoms with E-state index < -0.39 is 10.0 Å². The molecule has 0 aromatic carbocycles. The van der Waals surface area contributed by atoms with E-state index in [9.17, 15) is 8.42 Å². The average molecular weight is 273 g/mol. The Morgan fingerprint density at radius 3 is 2.82 bits per heavy atom. The van der Waals surface area contributed by atoms with Crippen LogP contribution in [0.3, 0.4) is 0 Å². The maximum Gasteiger partial charge on any atom is 0.265 e. The van der Waals surface area contributed by atoms with Crippen LogP contribution in [-0.4, -0.2) is 13.5 Å². The van der Waals surface area contributed by atoms with Gasteiger partial charge in [-0.05, 0) is 18.4 Å². The number of thiophene rings is 1. The van der Waals surface area contributed by atoms with Crippen LogP contribution in [0, 0.1) is 6.92 Å². The molecule has 0 unspecified atom stereocenters. The molecular weight excluding hydrogens is 262 g/mol. The number of aryl methyl sites for hydroxylation is 1. The molecule has 2 aromatic heterocycles. The number of nitrogens with one attached hydrogen (secondary N) is 1. The van der Waals surface area contributed by atoms with Crippen molar-refractivity contribution >= 4 is 27.0 Å². The third-order valence-electron chi connectivity index (χ3n) is 2.14. The molecule has 0 saturated heterocycles. The smallest absolute Gasteiger partial charge is 0.265 e. The van der Waals surface area contributed by atoms with Gasteiger partial charge in [0.1, 0.15) is 23.0 Å². The van der Waals surface area contributed by atoms with Gasteiger partial charge in [0.15, 0.2) is 0 Å². The molecule has 2 aromatic rings. The highest BCUT2D eigenvalue weighted by Gasteiger charge is 2.21. The summed E-state index contributed by atoms with van der Waals surface area (Å²) >= 11 is 1.40. The summed E-state index contributed by atoms with van der Waals surface area (Å²) in [6.07, 6.45) is 0. The Kier molecular flexibility index (Phi) is 3.23. The van der Waals surface area contributed by atoms with Crippen molar-refractivity contribution in [3.63, 3.8) is 0 Å². The van der Waals surface area contributed by atoms with Crippen LogP contribution in [0.25, 0.3) is 0 Å². The number of aliphatic hydroxyl groups is 1. The highest BCUT2D eigenvalue weighted by atomic mass is 32.2. The minimum atomic E-state index is -3.65. The fourth-order valence-electron chi connectivity index (χ4n) is 1.40. The van der Waals surface area contributed by atoms with E-state index in [-0.39, 0.29) is 23.0 Å². The van der Waals surface area contributed by atoms with Crippen LogP contribution in [0.5, 0.6) is 0 Å². The summed E-state index contributed by atoms with van der Waals surface area (Å²) in [5, 5.41) is 12.4. The maximum atomic E-state index is 12.0. The van der Waals surface area contributed by atoms with E-state index in [1.165, 1.54) is 17.4 Å². The molecule has 5 nitrogen and oxygen atoms in total. The van der Waals surface area contributed by atoms with Gasteiger partial charge in [-0.25, -0.2) is 8.42 Å². The fraction of sp³-hybridized carbons (Fsp3) is 0.200. The molecule has 0 bridgehead atoms. The van der Waals surface area contributed by atoms with Crippen molar-refractivity contribution in [2.45, 2.75) is 18.4 Å². The predicted molar refractivity (Wildman–Crippen MR) is 64.5 cm³/mol. The van der Waals surface area contributed by atoms with E-state index in [4.69, 9.17) is 9.52 Å². The Labute approximate surface area is 103 Å². The number of sulfonamides is 1. The molecule has 17 heavy (non-hydrogen) atoms. The highest BCUT2D eigenvalue weighted by Crippen LogP contribution is 2.23. The van der Waals surface area contributed by atoms with Gasteiger partial charge in [0.25, 0.3) is 10.0 Å². The number of anilines is 1. The van der Waals surface area contributed by atoms with Crippen molar-refractivity contribution in [1.29, 1.82) is 0 Å².